The lowest BCUT2D eigenvalue weighted by atomic mass is 10.0. The Morgan fingerprint density at radius 3 is 2.79 bits per heavy atom. The van der Waals surface area contributed by atoms with Crippen molar-refractivity contribution in [2.45, 2.75) is 46.1 Å². The van der Waals surface area contributed by atoms with E-state index >= 15 is 0 Å². The number of fused-ring (bicyclic) bond motifs is 2. The largest absolute Gasteiger partial charge is 0.364 e. The summed E-state index contributed by atoms with van der Waals surface area (Å²) in [6.45, 7) is 8.73. The van der Waals surface area contributed by atoms with Crippen LogP contribution >= 0.6 is 0 Å². The first-order valence-corrected chi connectivity index (χ1v) is 9.54. The smallest absolute Gasteiger partial charge is 0.253 e. The van der Waals surface area contributed by atoms with Gasteiger partial charge in [-0.1, -0.05) is 6.92 Å². The number of anilines is 1. The third-order valence-corrected chi connectivity index (χ3v) is 5.37. The lowest BCUT2D eigenvalue weighted by molar-refractivity contribution is 0.0946. The Kier molecular flexibility index (Phi) is 4.33. The number of halogens is 1. The first-order valence-electron chi connectivity index (χ1n) is 9.54. The second-order valence-corrected chi connectivity index (χ2v) is 7.89. The van der Waals surface area contributed by atoms with Crippen LogP contribution in [0.4, 0.5) is 10.2 Å². The summed E-state index contributed by atoms with van der Waals surface area (Å²) in [5.41, 5.74) is 3.95. The first-order chi connectivity index (χ1) is 13.3. The highest BCUT2D eigenvalue weighted by molar-refractivity contribution is 5.99. The quantitative estimate of drug-likeness (QED) is 0.639. The molecule has 4 rings (SSSR count). The van der Waals surface area contributed by atoms with Gasteiger partial charge in [-0.05, 0) is 45.4 Å². The van der Waals surface area contributed by atoms with Crippen LogP contribution < -0.4 is 10.6 Å². The number of aromatic nitrogens is 3. The fourth-order valence-corrected chi connectivity index (χ4v) is 3.40. The summed E-state index contributed by atoms with van der Waals surface area (Å²) >= 11 is 0. The fourth-order valence-electron chi connectivity index (χ4n) is 3.40. The summed E-state index contributed by atoms with van der Waals surface area (Å²) in [5, 5.41) is 6.22. The summed E-state index contributed by atoms with van der Waals surface area (Å²) in [5.74, 6) is 0.101. The molecule has 1 aliphatic rings. The number of rotatable bonds is 4. The number of amides is 1. The highest BCUT2D eigenvalue weighted by Crippen LogP contribution is 2.33. The van der Waals surface area contributed by atoms with Gasteiger partial charge in [0.2, 0.25) is 0 Å². The summed E-state index contributed by atoms with van der Waals surface area (Å²) in [6, 6.07) is 4.74. The summed E-state index contributed by atoms with van der Waals surface area (Å²) in [6.07, 6.45) is 1.59. The molecule has 0 unspecified atom stereocenters. The predicted octanol–water partition coefficient (Wildman–Crippen LogP) is 3.96. The highest BCUT2D eigenvalue weighted by Gasteiger charge is 2.24. The Bertz CT molecular complexity index is 1090. The molecule has 2 aromatic heterocycles. The Morgan fingerprint density at radius 1 is 1.29 bits per heavy atom. The molecular weight excluding hydrogens is 357 g/mol. The van der Waals surface area contributed by atoms with Crippen LogP contribution in [0.2, 0.25) is 0 Å². The lowest BCUT2D eigenvalue weighted by Crippen LogP contribution is -2.31. The minimum Gasteiger partial charge on any atom is -0.364 e. The Balaban J connectivity index is 1.91. The number of benzene rings is 1. The molecule has 0 saturated heterocycles. The van der Waals surface area contributed by atoms with E-state index in [9.17, 15) is 9.18 Å². The van der Waals surface area contributed by atoms with Crippen LogP contribution in [-0.2, 0) is 6.42 Å². The number of nitrogens with zero attached hydrogens (tertiary/aromatic N) is 2. The van der Waals surface area contributed by atoms with Gasteiger partial charge in [0.05, 0.1) is 28.0 Å². The maximum Gasteiger partial charge on any atom is 0.253 e. The van der Waals surface area contributed by atoms with Crippen LogP contribution in [0.25, 0.3) is 22.3 Å². The zero-order chi connectivity index (χ0) is 20.1. The molecule has 0 spiro atoms. The molecule has 28 heavy (non-hydrogen) atoms. The molecule has 0 bridgehead atoms. The average molecular weight is 381 g/mol. The van der Waals surface area contributed by atoms with E-state index in [0.29, 0.717) is 46.6 Å². The number of nitrogens with one attached hydrogen (secondary N) is 3. The number of aryl methyl sites for hydroxylation is 1. The monoisotopic (exact) mass is 381 g/mol. The minimum atomic E-state index is -0.398. The number of hydrogen-bond acceptors (Lipinski definition) is 4. The third kappa shape index (κ3) is 3.10. The van der Waals surface area contributed by atoms with Gasteiger partial charge in [-0.25, -0.2) is 14.4 Å². The minimum absolute atomic E-state index is 0.140. The molecule has 0 atom stereocenters. The zero-order valence-corrected chi connectivity index (χ0v) is 16.5. The van der Waals surface area contributed by atoms with E-state index < -0.39 is 5.82 Å². The standard InChI is InChI=1S/C21H24FN5O/c1-5-21(3,4)27-19-11(2)24-15-7-6-13(22)17(18(15)26-19)16-10-12-14(25-16)8-9-23-20(12)28/h6-7,10,25H,5,8-9H2,1-4H3,(H,23,28)(H,26,27). The average Bonchev–Trinajstić information content (AvgIpc) is 3.08. The third-order valence-electron chi connectivity index (χ3n) is 5.37. The predicted molar refractivity (Wildman–Crippen MR) is 108 cm³/mol. The van der Waals surface area contributed by atoms with Gasteiger partial charge in [-0.2, -0.15) is 0 Å². The molecular formula is C21H24FN5O. The molecule has 7 heteroatoms. The number of carbonyl (C=O) groups is 1. The molecule has 146 valence electrons. The van der Waals surface area contributed by atoms with Gasteiger partial charge in [0.1, 0.15) is 17.2 Å². The van der Waals surface area contributed by atoms with Crippen LogP contribution in [0.5, 0.6) is 0 Å². The van der Waals surface area contributed by atoms with Gasteiger partial charge in [0, 0.05) is 24.2 Å². The van der Waals surface area contributed by atoms with Crippen molar-refractivity contribution in [1.82, 2.24) is 20.3 Å². The van der Waals surface area contributed by atoms with Crippen molar-refractivity contribution in [3.63, 3.8) is 0 Å². The van der Waals surface area contributed by atoms with E-state index in [1.165, 1.54) is 6.07 Å². The van der Waals surface area contributed by atoms with Gasteiger partial charge in [0.15, 0.2) is 0 Å². The second kappa shape index (κ2) is 6.58. The van der Waals surface area contributed by atoms with Crippen LogP contribution in [0, 0.1) is 12.7 Å². The molecule has 1 amide bonds. The number of aromatic amines is 1. The van der Waals surface area contributed by atoms with Crippen molar-refractivity contribution >= 4 is 22.8 Å². The number of H-pyrrole nitrogens is 1. The van der Waals surface area contributed by atoms with Crippen LogP contribution in [0.3, 0.4) is 0 Å². The van der Waals surface area contributed by atoms with E-state index in [0.717, 1.165) is 17.8 Å². The Labute approximate surface area is 163 Å². The lowest BCUT2D eigenvalue weighted by Gasteiger charge is -2.26. The summed E-state index contributed by atoms with van der Waals surface area (Å²) in [7, 11) is 0. The second-order valence-electron chi connectivity index (χ2n) is 7.89. The number of hydrogen-bond donors (Lipinski definition) is 3. The highest BCUT2D eigenvalue weighted by atomic mass is 19.1. The normalized spacial score (nSPS) is 14.1. The van der Waals surface area contributed by atoms with E-state index in [4.69, 9.17) is 4.98 Å². The van der Waals surface area contributed by atoms with Crippen molar-refractivity contribution in [3.05, 3.63) is 41.0 Å². The zero-order valence-electron chi connectivity index (χ0n) is 16.5. The molecule has 3 aromatic rings. The summed E-state index contributed by atoms with van der Waals surface area (Å²) < 4.78 is 14.9. The SMILES string of the molecule is CCC(C)(C)Nc1nc2c(-c3cc4c([nH]3)CCNC4=O)c(F)ccc2nc1C. The van der Waals surface area contributed by atoms with Crippen molar-refractivity contribution in [2.24, 2.45) is 0 Å². The number of carbonyl (C=O) groups excluding carboxylic acids is 1. The maximum absolute atomic E-state index is 14.9. The van der Waals surface area contributed by atoms with Crippen molar-refractivity contribution in [2.75, 3.05) is 11.9 Å². The van der Waals surface area contributed by atoms with E-state index in [1.807, 2.05) is 6.92 Å². The van der Waals surface area contributed by atoms with Gasteiger partial charge in [-0.3, -0.25) is 4.79 Å². The van der Waals surface area contributed by atoms with E-state index in [-0.39, 0.29) is 11.4 Å². The van der Waals surface area contributed by atoms with Crippen LogP contribution in [0.15, 0.2) is 18.2 Å². The summed E-state index contributed by atoms with van der Waals surface area (Å²) in [4.78, 5) is 24.7. The topological polar surface area (TPSA) is 82.7 Å². The molecule has 3 N–H and O–H groups in total. The molecule has 0 radical (unpaired) electrons. The Hall–Kier alpha value is -2.96. The molecule has 1 aliphatic heterocycles. The van der Waals surface area contributed by atoms with Crippen molar-refractivity contribution in [3.8, 4) is 11.3 Å². The van der Waals surface area contributed by atoms with Gasteiger partial charge < -0.3 is 15.6 Å². The van der Waals surface area contributed by atoms with E-state index in [1.54, 1.807) is 12.1 Å². The molecule has 3 heterocycles. The first kappa shape index (κ1) is 18.4. The van der Waals surface area contributed by atoms with Crippen molar-refractivity contribution in [1.29, 1.82) is 0 Å². The van der Waals surface area contributed by atoms with Gasteiger partial charge in [0.25, 0.3) is 5.91 Å². The van der Waals surface area contributed by atoms with E-state index in [2.05, 4.69) is 41.4 Å². The maximum atomic E-state index is 14.9. The molecule has 6 nitrogen and oxygen atoms in total. The molecule has 0 aliphatic carbocycles. The van der Waals surface area contributed by atoms with Gasteiger partial charge in [-0.15, -0.1) is 0 Å². The molecule has 0 fully saturated rings. The van der Waals surface area contributed by atoms with Crippen molar-refractivity contribution < 1.29 is 9.18 Å². The fraction of sp³-hybridized carbons (Fsp3) is 0.381. The Morgan fingerprint density at radius 2 is 2.07 bits per heavy atom. The molecule has 0 saturated carbocycles. The van der Waals surface area contributed by atoms with Gasteiger partial charge >= 0.3 is 0 Å². The van der Waals surface area contributed by atoms with Crippen LogP contribution in [0.1, 0.15) is 48.9 Å². The van der Waals surface area contributed by atoms with Crippen LogP contribution in [-0.4, -0.2) is 32.9 Å². The molecule has 1 aromatic carbocycles.